The Hall–Kier alpha value is -3.50. The molecule has 3 aromatic carbocycles. The maximum Gasteiger partial charge on any atom is 0.295 e. The van der Waals surface area contributed by atoms with Gasteiger partial charge in [-0.05, 0) is 42.5 Å². The van der Waals surface area contributed by atoms with Crippen molar-refractivity contribution in [3.8, 4) is 0 Å². The molecule has 0 saturated carbocycles. The fraction of sp³-hybridized carbons (Fsp3) is 0. The summed E-state index contributed by atoms with van der Waals surface area (Å²) in [7, 11) is -4.08. The molecule has 0 bridgehead atoms. The maximum atomic E-state index is 13.6. The molecule has 0 saturated heterocycles. The van der Waals surface area contributed by atoms with Crippen molar-refractivity contribution in [2.45, 2.75) is 4.90 Å². The Kier molecular flexibility index (Phi) is 6.28. The van der Waals surface area contributed by atoms with Crippen molar-refractivity contribution >= 4 is 44.9 Å². The van der Waals surface area contributed by atoms with Gasteiger partial charge in [0, 0.05) is 22.3 Å². The molecular weight excluding hydrogens is 435 g/mol. The van der Waals surface area contributed by atoms with Gasteiger partial charge in [0.1, 0.15) is 11.5 Å². The normalized spacial score (nSPS) is 11.4. The van der Waals surface area contributed by atoms with E-state index in [1.54, 1.807) is 6.07 Å². The molecule has 0 aliphatic heterocycles. The van der Waals surface area contributed by atoms with Gasteiger partial charge in [0.05, 0.1) is 16.0 Å². The number of nitrogens with zero attached hydrogens (tertiary/aromatic N) is 2. The van der Waals surface area contributed by atoms with E-state index in [2.05, 4.69) is 15.2 Å². The first kappa shape index (κ1) is 21.2. The topological polar surface area (TPSA) is 114 Å². The molecule has 11 heteroatoms. The predicted octanol–water partition coefficient (Wildman–Crippen LogP) is 4.63. The summed E-state index contributed by atoms with van der Waals surface area (Å²) in [5, 5.41) is 15.6. The van der Waals surface area contributed by atoms with E-state index in [9.17, 15) is 22.9 Å². The minimum Gasteiger partial charge on any atom is -0.280 e. The monoisotopic (exact) mass is 448 g/mol. The highest BCUT2D eigenvalue weighted by molar-refractivity contribution is 7.92. The zero-order valence-corrected chi connectivity index (χ0v) is 16.7. The zero-order valence-electron chi connectivity index (χ0n) is 15.1. The van der Waals surface area contributed by atoms with Gasteiger partial charge in [-0.25, -0.2) is 12.8 Å². The number of hydrogen-bond acceptors (Lipinski definition) is 6. The van der Waals surface area contributed by atoms with Crippen molar-refractivity contribution in [2.75, 3.05) is 10.1 Å². The standard InChI is InChI=1S/C19H14ClFN4O4S/c20-14-5-7-15(8-6-14)24-30(28,29)16-9-10-18(19(11-16)25(26)27)23-22-12-13-3-1-2-4-17(13)21/h1-12,23-24H. The maximum absolute atomic E-state index is 13.6. The molecule has 3 aromatic rings. The van der Waals surface area contributed by atoms with E-state index in [1.807, 2.05) is 0 Å². The smallest absolute Gasteiger partial charge is 0.280 e. The molecule has 0 radical (unpaired) electrons. The molecule has 0 aliphatic carbocycles. The van der Waals surface area contributed by atoms with Crippen LogP contribution in [-0.4, -0.2) is 19.6 Å². The molecule has 0 aliphatic rings. The highest BCUT2D eigenvalue weighted by atomic mass is 35.5. The van der Waals surface area contributed by atoms with Gasteiger partial charge in [0.25, 0.3) is 15.7 Å². The summed E-state index contributed by atoms with van der Waals surface area (Å²) < 4.78 is 41.0. The lowest BCUT2D eigenvalue weighted by Crippen LogP contribution is -2.13. The van der Waals surface area contributed by atoms with Gasteiger partial charge < -0.3 is 0 Å². The Bertz CT molecular complexity index is 1220. The van der Waals surface area contributed by atoms with Crippen LogP contribution >= 0.6 is 11.6 Å². The zero-order chi connectivity index (χ0) is 21.7. The first-order valence-electron chi connectivity index (χ1n) is 8.37. The third-order valence-electron chi connectivity index (χ3n) is 3.87. The molecule has 2 N–H and O–H groups in total. The average Bonchev–Trinajstić information content (AvgIpc) is 2.71. The van der Waals surface area contributed by atoms with Crippen LogP contribution in [0.5, 0.6) is 0 Å². The first-order chi connectivity index (χ1) is 14.3. The van der Waals surface area contributed by atoms with Crippen LogP contribution < -0.4 is 10.1 Å². The molecule has 3 rings (SSSR count). The summed E-state index contributed by atoms with van der Waals surface area (Å²) in [6.45, 7) is 0. The number of benzene rings is 3. The lowest BCUT2D eigenvalue weighted by molar-refractivity contribution is -0.384. The van der Waals surface area contributed by atoms with E-state index < -0.39 is 26.5 Å². The van der Waals surface area contributed by atoms with E-state index in [0.717, 1.165) is 12.3 Å². The molecule has 0 heterocycles. The Labute approximate surface area is 176 Å². The van der Waals surface area contributed by atoms with Gasteiger partial charge in [-0.1, -0.05) is 29.8 Å². The summed E-state index contributed by atoms with van der Waals surface area (Å²) in [5.41, 5.74) is 2.29. The van der Waals surface area contributed by atoms with Crippen LogP contribution in [-0.2, 0) is 10.0 Å². The number of rotatable bonds is 7. The van der Waals surface area contributed by atoms with Crippen molar-refractivity contribution in [1.29, 1.82) is 0 Å². The van der Waals surface area contributed by atoms with Crippen LogP contribution in [0, 0.1) is 15.9 Å². The van der Waals surface area contributed by atoms with Gasteiger partial charge in [-0.2, -0.15) is 5.10 Å². The van der Waals surface area contributed by atoms with Gasteiger partial charge in [0.2, 0.25) is 0 Å². The number of nitro groups is 1. The number of anilines is 2. The van der Waals surface area contributed by atoms with Crippen LogP contribution in [0.25, 0.3) is 0 Å². The largest absolute Gasteiger partial charge is 0.295 e. The number of hydrazone groups is 1. The Morgan fingerprint density at radius 1 is 1.07 bits per heavy atom. The average molecular weight is 449 g/mol. The second kappa shape index (κ2) is 8.89. The lowest BCUT2D eigenvalue weighted by Gasteiger charge is -2.09. The van der Waals surface area contributed by atoms with Crippen molar-refractivity contribution in [1.82, 2.24) is 0 Å². The minimum absolute atomic E-state index is 0.0574. The van der Waals surface area contributed by atoms with Gasteiger partial charge >= 0.3 is 0 Å². The van der Waals surface area contributed by atoms with Crippen LogP contribution in [0.2, 0.25) is 5.02 Å². The fourth-order valence-electron chi connectivity index (χ4n) is 2.41. The van der Waals surface area contributed by atoms with E-state index in [0.29, 0.717) is 5.02 Å². The van der Waals surface area contributed by atoms with Gasteiger partial charge in [-0.3, -0.25) is 20.3 Å². The Morgan fingerprint density at radius 3 is 2.43 bits per heavy atom. The highest BCUT2D eigenvalue weighted by Gasteiger charge is 2.21. The molecule has 30 heavy (non-hydrogen) atoms. The summed E-state index contributed by atoms with van der Waals surface area (Å²) in [6, 6.07) is 15.1. The molecule has 0 unspecified atom stereocenters. The number of nitro benzene ring substituents is 1. The van der Waals surface area contributed by atoms with E-state index in [-0.39, 0.29) is 21.8 Å². The third kappa shape index (κ3) is 5.10. The second-order valence-corrected chi connectivity index (χ2v) is 8.06. The van der Waals surface area contributed by atoms with Crippen molar-refractivity contribution < 1.29 is 17.7 Å². The SMILES string of the molecule is O=[N+]([O-])c1cc(S(=O)(=O)Nc2ccc(Cl)cc2)ccc1NN=Cc1ccccc1F. The van der Waals surface area contributed by atoms with Gasteiger partial charge in [0.15, 0.2) is 0 Å². The fourth-order valence-corrected chi connectivity index (χ4v) is 3.61. The summed E-state index contributed by atoms with van der Waals surface area (Å²) in [4.78, 5) is 10.3. The van der Waals surface area contributed by atoms with Crippen molar-refractivity contribution in [2.24, 2.45) is 5.10 Å². The lowest BCUT2D eigenvalue weighted by atomic mass is 10.2. The molecule has 0 amide bonds. The minimum atomic E-state index is -4.08. The summed E-state index contributed by atoms with van der Waals surface area (Å²) >= 11 is 5.77. The number of halogens is 2. The van der Waals surface area contributed by atoms with E-state index in [4.69, 9.17) is 11.6 Å². The van der Waals surface area contributed by atoms with E-state index >= 15 is 0 Å². The van der Waals surface area contributed by atoms with Crippen LogP contribution in [0.15, 0.2) is 76.7 Å². The molecule has 0 atom stereocenters. The number of hydrogen-bond donors (Lipinski definition) is 2. The van der Waals surface area contributed by atoms with Crippen LogP contribution in [0.1, 0.15) is 5.56 Å². The van der Waals surface area contributed by atoms with Crippen molar-refractivity contribution in [3.63, 3.8) is 0 Å². The summed E-state index contributed by atoms with van der Waals surface area (Å²) in [5.74, 6) is -0.507. The van der Waals surface area contributed by atoms with E-state index in [1.165, 1.54) is 54.6 Å². The second-order valence-electron chi connectivity index (χ2n) is 5.94. The quantitative estimate of drug-likeness (QED) is 0.310. The highest BCUT2D eigenvalue weighted by Crippen LogP contribution is 2.28. The molecule has 0 spiro atoms. The molecule has 8 nitrogen and oxygen atoms in total. The molecule has 0 aromatic heterocycles. The molecule has 154 valence electrons. The third-order valence-corrected chi connectivity index (χ3v) is 5.50. The molecule has 0 fully saturated rings. The van der Waals surface area contributed by atoms with Crippen LogP contribution in [0.4, 0.5) is 21.5 Å². The van der Waals surface area contributed by atoms with Crippen molar-refractivity contribution in [3.05, 3.63) is 93.2 Å². The number of nitrogens with one attached hydrogen (secondary N) is 2. The Balaban J connectivity index is 1.85. The predicted molar refractivity (Wildman–Crippen MR) is 113 cm³/mol. The van der Waals surface area contributed by atoms with Gasteiger partial charge in [-0.15, -0.1) is 0 Å². The first-order valence-corrected chi connectivity index (χ1v) is 10.2. The summed E-state index contributed by atoms with van der Waals surface area (Å²) in [6.07, 6.45) is 1.16. The Morgan fingerprint density at radius 2 is 1.77 bits per heavy atom. The number of sulfonamides is 1. The van der Waals surface area contributed by atoms with Crippen LogP contribution in [0.3, 0.4) is 0 Å². The molecular formula is C19H14ClFN4O4S.